The highest BCUT2D eigenvalue weighted by molar-refractivity contribution is 5.72. The molecule has 0 bridgehead atoms. The quantitative estimate of drug-likeness (QED) is 0.461. The van der Waals surface area contributed by atoms with Crippen molar-refractivity contribution < 1.29 is 0 Å². The lowest BCUT2D eigenvalue weighted by atomic mass is 10.1. The van der Waals surface area contributed by atoms with E-state index in [4.69, 9.17) is 0 Å². The van der Waals surface area contributed by atoms with Crippen LogP contribution in [0, 0.1) is 0 Å². The molecule has 0 spiro atoms. The van der Waals surface area contributed by atoms with Gasteiger partial charge in [0, 0.05) is 29.2 Å². The van der Waals surface area contributed by atoms with Gasteiger partial charge in [-0.3, -0.25) is 4.57 Å². The van der Waals surface area contributed by atoms with Gasteiger partial charge in [-0.1, -0.05) is 60.7 Å². The maximum absolute atomic E-state index is 4.58. The SMILES string of the molecule is c1ccc(-c2nnc(-c3ccccc3-n3cccn3)n2-c2ccccc2)cc1. The Morgan fingerprint density at radius 2 is 1.29 bits per heavy atom. The molecule has 5 rings (SSSR count). The van der Waals surface area contributed by atoms with Crippen LogP contribution in [0.4, 0.5) is 0 Å². The molecular formula is C23H17N5. The molecule has 2 aromatic heterocycles. The van der Waals surface area contributed by atoms with Crippen LogP contribution in [0.1, 0.15) is 0 Å². The van der Waals surface area contributed by atoms with Crippen LogP contribution in [0.2, 0.25) is 0 Å². The Bertz CT molecular complexity index is 1190. The average molecular weight is 363 g/mol. The minimum Gasteiger partial charge on any atom is -0.275 e. The number of rotatable bonds is 4. The summed E-state index contributed by atoms with van der Waals surface area (Å²) in [6, 6.07) is 30.3. The van der Waals surface area contributed by atoms with E-state index in [1.54, 1.807) is 6.20 Å². The largest absolute Gasteiger partial charge is 0.275 e. The molecule has 5 aromatic rings. The molecule has 0 aliphatic carbocycles. The maximum atomic E-state index is 4.58. The Labute approximate surface area is 162 Å². The van der Waals surface area contributed by atoms with Gasteiger partial charge >= 0.3 is 0 Å². The summed E-state index contributed by atoms with van der Waals surface area (Å²) in [5.41, 5.74) is 3.94. The molecule has 0 aliphatic rings. The lowest BCUT2D eigenvalue weighted by molar-refractivity contribution is 0.878. The van der Waals surface area contributed by atoms with Crippen molar-refractivity contribution in [2.75, 3.05) is 0 Å². The second-order valence-corrected chi connectivity index (χ2v) is 6.35. The van der Waals surface area contributed by atoms with E-state index in [0.717, 1.165) is 34.2 Å². The lowest BCUT2D eigenvalue weighted by Gasteiger charge is -2.13. The summed E-state index contributed by atoms with van der Waals surface area (Å²) >= 11 is 0. The van der Waals surface area contributed by atoms with Crippen molar-refractivity contribution >= 4 is 0 Å². The first kappa shape index (κ1) is 16.2. The zero-order valence-corrected chi connectivity index (χ0v) is 15.1. The van der Waals surface area contributed by atoms with Gasteiger partial charge in [0.15, 0.2) is 11.6 Å². The zero-order valence-electron chi connectivity index (χ0n) is 15.1. The second-order valence-electron chi connectivity index (χ2n) is 6.35. The second kappa shape index (κ2) is 6.96. The molecule has 28 heavy (non-hydrogen) atoms. The Morgan fingerprint density at radius 1 is 0.607 bits per heavy atom. The standard InChI is InChI=1S/C23H17N5/c1-3-10-18(11-4-1)22-25-26-23(28(22)19-12-5-2-6-13-19)20-14-7-8-15-21(20)27-17-9-16-24-27/h1-17H. The van der Waals surface area contributed by atoms with Crippen LogP contribution in [0.15, 0.2) is 103 Å². The van der Waals surface area contributed by atoms with Gasteiger partial charge in [-0.05, 0) is 30.3 Å². The van der Waals surface area contributed by atoms with Crippen LogP contribution >= 0.6 is 0 Å². The molecule has 2 heterocycles. The molecule has 0 unspecified atom stereocenters. The molecule has 0 aliphatic heterocycles. The first-order valence-corrected chi connectivity index (χ1v) is 9.07. The highest BCUT2D eigenvalue weighted by Crippen LogP contribution is 2.31. The van der Waals surface area contributed by atoms with Gasteiger partial charge in [0.25, 0.3) is 0 Å². The van der Waals surface area contributed by atoms with E-state index in [9.17, 15) is 0 Å². The van der Waals surface area contributed by atoms with Gasteiger partial charge in [0.2, 0.25) is 0 Å². The molecule has 0 saturated heterocycles. The Hall–Kier alpha value is -3.99. The van der Waals surface area contributed by atoms with Crippen LogP contribution in [0.25, 0.3) is 34.2 Å². The van der Waals surface area contributed by atoms with Gasteiger partial charge in [-0.2, -0.15) is 5.10 Å². The number of benzene rings is 3. The summed E-state index contributed by atoms with van der Waals surface area (Å²) in [7, 11) is 0. The van der Waals surface area contributed by atoms with Crippen LogP contribution in [0.5, 0.6) is 0 Å². The van der Waals surface area contributed by atoms with E-state index in [0.29, 0.717) is 0 Å². The minimum atomic E-state index is 0.774. The summed E-state index contributed by atoms with van der Waals surface area (Å²) in [4.78, 5) is 0. The van der Waals surface area contributed by atoms with E-state index in [2.05, 4.69) is 38.1 Å². The van der Waals surface area contributed by atoms with Crippen LogP contribution in [-0.4, -0.2) is 24.5 Å². The molecule has 5 nitrogen and oxygen atoms in total. The van der Waals surface area contributed by atoms with E-state index < -0.39 is 0 Å². The van der Waals surface area contributed by atoms with Crippen molar-refractivity contribution in [3.05, 3.63) is 103 Å². The number of para-hydroxylation sites is 2. The Kier molecular flexibility index (Phi) is 4.03. The number of aromatic nitrogens is 5. The maximum Gasteiger partial charge on any atom is 0.171 e. The fourth-order valence-corrected chi connectivity index (χ4v) is 3.33. The predicted octanol–water partition coefficient (Wildman–Crippen LogP) is 4.79. The zero-order chi connectivity index (χ0) is 18.8. The molecule has 0 amide bonds. The van der Waals surface area contributed by atoms with E-state index >= 15 is 0 Å². The summed E-state index contributed by atoms with van der Waals surface area (Å²) in [5, 5.41) is 13.5. The number of nitrogens with zero attached hydrogens (tertiary/aromatic N) is 5. The molecule has 3 aromatic carbocycles. The first-order valence-electron chi connectivity index (χ1n) is 9.07. The summed E-state index contributed by atoms with van der Waals surface area (Å²) in [5.74, 6) is 1.58. The van der Waals surface area contributed by atoms with Crippen molar-refractivity contribution in [1.82, 2.24) is 24.5 Å². The van der Waals surface area contributed by atoms with Crippen molar-refractivity contribution in [2.45, 2.75) is 0 Å². The Balaban J connectivity index is 1.78. The van der Waals surface area contributed by atoms with Crippen molar-refractivity contribution in [2.24, 2.45) is 0 Å². The highest BCUT2D eigenvalue weighted by atomic mass is 15.3. The van der Waals surface area contributed by atoms with Crippen molar-refractivity contribution in [1.29, 1.82) is 0 Å². The van der Waals surface area contributed by atoms with Gasteiger partial charge in [0.1, 0.15) is 0 Å². The third-order valence-electron chi connectivity index (χ3n) is 4.61. The molecule has 0 N–H and O–H groups in total. The molecule has 0 radical (unpaired) electrons. The molecule has 0 saturated carbocycles. The fourth-order valence-electron chi connectivity index (χ4n) is 3.33. The topological polar surface area (TPSA) is 48.5 Å². The average Bonchev–Trinajstić information content (AvgIpc) is 3.45. The third-order valence-corrected chi connectivity index (χ3v) is 4.61. The molecule has 0 atom stereocenters. The lowest BCUT2D eigenvalue weighted by Crippen LogP contribution is -2.03. The van der Waals surface area contributed by atoms with Crippen molar-refractivity contribution in [3.63, 3.8) is 0 Å². The van der Waals surface area contributed by atoms with Crippen molar-refractivity contribution in [3.8, 4) is 34.2 Å². The van der Waals surface area contributed by atoms with Gasteiger partial charge in [-0.25, -0.2) is 4.68 Å². The molecule has 0 fully saturated rings. The third kappa shape index (κ3) is 2.79. The fraction of sp³-hybridized carbons (Fsp3) is 0. The van der Waals surface area contributed by atoms with Crippen LogP contribution in [-0.2, 0) is 0 Å². The normalized spacial score (nSPS) is 10.9. The summed E-state index contributed by atoms with van der Waals surface area (Å²) in [6.07, 6.45) is 3.70. The number of hydrogen-bond donors (Lipinski definition) is 0. The highest BCUT2D eigenvalue weighted by Gasteiger charge is 2.19. The van der Waals surface area contributed by atoms with Gasteiger partial charge in [0.05, 0.1) is 5.69 Å². The smallest absolute Gasteiger partial charge is 0.171 e. The van der Waals surface area contributed by atoms with Crippen LogP contribution in [0.3, 0.4) is 0 Å². The number of hydrogen-bond acceptors (Lipinski definition) is 3. The first-order chi connectivity index (χ1) is 13.9. The molecule has 5 heteroatoms. The van der Waals surface area contributed by atoms with Gasteiger partial charge < -0.3 is 0 Å². The minimum absolute atomic E-state index is 0.774. The molecular weight excluding hydrogens is 346 g/mol. The van der Waals surface area contributed by atoms with E-state index in [1.165, 1.54) is 0 Å². The van der Waals surface area contributed by atoms with E-state index in [1.807, 2.05) is 83.7 Å². The molecule has 134 valence electrons. The monoisotopic (exact) mass is 363 g/mol. The Morgan fingerprint density at radius 3 is 2.04 bits per heavy atom. The van der Waals surface area contributed by atoms with E-state index in [-0.39, 0.29) is 0 Å². The van der Waals surface area contributed by atoms with Gasteiger partial charge in [-0.15, -0.1) is 10.2 Å². The summed E-state index contributed by atoms with van der Waals surface area (Å²) < 4.78 is 3.94. The predicted molar refractivity (Wildman–Crippen MR) is 109 cm³/mol. The summed E-state index contributed by atoms with van der Waals surface area (Å²) in [6.45, 7) is 0. The van der Waals surface area contributed by atoms with Crippen LogP contribution < -0.4 is 0 Å².